The second-order valence-corrected chi connectivity index (χ2v) is 10.1. The number of carbonyl (C=O) groups excluding carboxylic acids is 2. The first-order chi connectivity index (χ1) is 15.3. The van der Waals surface area contributed by atoms with Crippen LogP contribution in [0.25, 0.3) is 0 Å². The molecule has 32 heavy (non-hydrogen) atoms. The molecule has 0 bridgehead atoms. The molecule has 0 aliphatic carbocycles. The van der Waals surface area contributed by atoms with Gasteiger partial charge in [0.25, 0.3) is 10.8 Å². The second kappa shape index (κ2) is 7.00. The molecule has 0 aromatic heterocycles. The summed E-state index contributed by atoms with van der Waals surface area (Å²) < 4.78 is 40.5. The highest BCUT2D eigenvalue weighted by Gasteiger charge is 2.69. The topological polar surface area (TPSA) is 74.8 Å². The molecule has 2 amide bonds. The second-order valence-electron chi connectivity index (χ2n) is 8.01. The average molecular weight is 450 g/mol. The van der Waals surface area contributed by atoms with E-state index < -0.39 is 38.1 Å². The molecular formula is C24H19FN2O4S. The number of halogens is 1. The minimum absolute atomic E-state index is 0.151. The standard InChI is InChI=1S/C24H19FN2O4S/c1-16-5-4-6-17(13-16)14-26-21-8-3-2-7-20(21)24(23(26)29)27(22(28)15-32(24,30)31)19-11-9-18(25)10-12-19/h2-13H,14-15H2,1H3/t24-/m0/s1. The number of aryl methyl sites for hydroxylation is 1. The number of nitrogens with zero attached hydrogens (tertiary/aromatic N) is 2. The van der Waals surface area contributed by atoms with Crippen LogP contribution in [0.3, 0.4) is 0 Å². The van der Waals surface area contributed by atoms with Gasteiger partial charge < -0.3 is 4.90 Å². The van der Waals surface area contributed by atoms with Crippen LogP contribution in [0.15, 0.2) is 72.8 Å². The average Bonchev–Trinajstić information content (AvgIpc) is 3.12. The van der Waals surface area contributed by atoms with E-state index in [1.54, 1.807) is 24.3 Å². The summed E-state index contributed by atoms with van der Waals surface area (Å²) in [5.74, 6) is -2.77. The number of sulfone groups is 1. The van der Waals surface area contributed by atoms with Gasteiger partial charge in [-0.2, -0.15) is 0 Å². The first kappa shape index (κ1) is 20.4. The highest BCUT2D eigenvalue weighted by molar-refractivity contribution is 7.94. The molecule has 3 aromatic carbocycles. The van der Waals surface area contributed by atoms with E-state index in [1.807, 2.05) is 31.2 Å². The molecule has 0 radical (unpaired) electrons. The number of anilines is 2. The van der Waals surface area contributed by atoms with Crippen molar-refractivity contribution < 1.29 is 22.4 Å². The molecule has 2 aliphatic rings. The Kier molecular flexibility index (Phi) is 4.46. The quantitative estimate of drug-likeness (QED) is 0.614. The molecule has 1 spiro atoms. The number of hydrogen-bond donors (Lipinski definition) is 0. The van der Waals surface area contributed by atoms with Gasteiger partial charge in [0.05, 0.1) is 12.2 Å². The van der Waals surface area contributed by atoms with Gasteiger partial charge >= 0.3 is 0 Å². The van der Waals surface area contributed by atoms with E-state index in [-0.39, 0.29) is 17.8 Å². The van der Waals surface area contributed by atoms with Crippen LogP contribution in [0.5, 0.6) is 0 Å². The SMILES string of the molecule is Cc1cccc(CN2C(=O)[C@@]3(c4ccccc42)N(c2ccc(F)cc2)C(=O)CS3(=O)=O)c1. The number of fused-ring (bicyclic) bond motifs is 2. The van der Waals surface area contributed by atoms with E-state index in [0.29, 0.717) is 5.69 Å². The third-order valence-corrected chi connectivity index (χ3v) is 8.04. The molecule has 2 heterocycles. The van der Waals surface area contributed by atoms with E-state index in [0.717, 1.165) is 28.2 Å². The lowest BCUT2D eigenvalue weighted by molar-refractivity contribution is -0.123. The van der Waals surface area contributed by atoms with E-state index >= 15 is 0 Å². The zero-order valence-corrected chi connectivity index (χ0v) is 18.0. The van der Waals surface area contributed by atoms with Crippen molar-refractivity contribution >= 4 is 33.0 Å². The maximum absolute atomic E-state index is 14.0. The number of benzene rings is 3. The van der Waals surface area contributed by atoms with Gasteiger partial charge in [-0.05, 0) is 42.8 Å². The van der Waals surface area contributed by atoms with Gasteiger partial charge in [-0.3, -0.25) is 14.5 Å². The molecule has 0 saturated carbocycles. The van der Waals surface area contributed by atoms with Gasteiger partial charge in [-0.1, -0.05) is 48.0 Å². The van der Waals surface area contributed by atoms with Crippen LogP contribution >= 0.6 is 0 Å². The Morgan fingerprint density at radius 2 is 1.69 bits per heavy atom. The molecule has 162 valence electrons. The minimum Gasteiger partial charge on any atom is -0.304 e. The fourth-order valence-electron chi connectivity index (χ4n) is 4.63. The van der Waals surface area contributed by atoms with Gasteiger partial charge in [0.1, 0.15) is 11.6 Å². The molecule has 1 atom stereocenters. The number of hydrogen-bond acceptors (Lipinski definition) is 4. The molecular weight excluding hydrogens is 431 g/mol. The summed E-state index contributed by atoms with van der Waals surface area (Å²) in [5.41, 5.74) is 2.66. The van der Waals surface area contributed by atoms with Crippen molar-refractivity contribution in [1.82, 2.24) is 0 Å². The summed E-state index contributed by atoms with van der Waals surface area (Å²) in [5, 5.41) is 0. The van der Waals surface area contributed by atoms with E-state index in [1.165, 1.54) is 17.0 Å². The Morgan fingerprint density at radius 1 is 0.969 bits per heavy atom. The number of amides is 2. The lowest BCUT2D eigenvalue weighted by Gasteiger charge is -2.32. The summed E-state index contributed by atoms with van der Waals surface area (Å²) >= 11 is 0. The fourth-order valence-corrected chi connectivity index (χ4v) is 6.66. The van der Waals surface area contributed by atoms with E-state index in [9.17, 15) is 22.4 Å². The van der Waals surface area contributed by atoms with Crippen molar-refractivity contribution in [3.8, 4) is 0 Å². The maximum atomic E-state index is 14.0. The molecule has 0 N–H and O–H groups in total. The summed E-state index contributed by atoms with van der Waals surface area (Å²) in [7, 11) is -4.25. The van der Waals surface area contributed by atoms with E-state index in [2.05, 4.69) is 0 Å². The Balaban J connectivity index is 1.73. The predicted molar refractivity (Wildman–Crippen MR) is 118 cm³/mol. The molecule has 1 fully saturated rings. The fraction of sp³-hybridized carbons (Fsp3) is 0.167. The molecule has 2 aliphatic heterocycles. The van der Waals surface area contributed by atoms with Crippen LogP contribution in [0.2, 0.25) is 0 Å². The smallest absolute Gasteiger partial charge is 0.274 e. The molecule has 5 rings (SSSR count). The molecule has 8 heteroatoms. The Bertz CT molecular complexity index is 1370. The maximum Gasteiger partial charge on any atom is 0.274 e. The van der Waals surface area contributed by atoms with Crippen molar-refractivity contribution in [2.24, 2.45) is 0 Å². The van der Waals surface area contributed by atoms with Crippen LogP contribution in [0.4, 0.5) is 15.8 Å². The van der Waals surface area contributed by atoms with Crippen LogP contribution < -0.4 is 9.80 Å². The van der Waals surface area contributed by atoms with Crippen LogP contribution in [-0.4, -0.2) is 26.0 Å². The van der Waals surface area contributed by atoms with Gasteiger partial charge in [0.15, 0.2) is 9.84 Å². The summed E-state index contributed by atoms with van der Waals surface area (Å²) in [4.78, 5) is 27.2. The van der Waals surface area contributed by atoms with Crippen LogP contribution in [0.1, 0.15) is 16.7 Å². The normalized spacial score (nSPS) is 21.4. The first-order valence-electron chi connectivity index (χ1n) is 10.0. The van der Waals surface area contributed by atoms with Gasteiger partial charge in [0, 0.05) is 11.3 Å². The third-order valence-electron chi connectivity index (χ3n) is 5.93. The minimum atomic E-state index is -4.25. The summed E-state index contributed by atoms with van der Waals surface area (Å²) in [6, 6.07) is 19.1. The number of carbonyl (C=O) groups is 2. The van der Waals surface area contributed by atoms with Crippen molar-refractivity contribution in [2.45, 2.75) is 18.3 Å². The molecule has 1 saturated heterocycles. The van der Waals surface area contributed by atoms with Crippen LogP contribution in [0, 0.1) is 12.7 Å². The van der Waals surface area contributed by atoms with Crippen LogP contribution in [-0.2, 0) is 30.8 Å². The molecule has 0 unspecified atom stereocenters. The van der Waals surface area contributed by atoms with Crippen molar-refractivity contribution in [3.05, 3.63) is 95.3 Å². The number of rotatable bonds is 3. The van der Waals surface area contributed by atoms with Crippen molar-refractivity contribution in [2.75, 3.05) is 15.6 Å². The monoisotopic (exact) mass is 450 g/mol. The Labute approximate surface area is 184 Å². The van der Waals surface area contributed by atoms with Gasteiger partial charge in [-0.25, -0.2) is 12.8 Å². The lowest BCUT2D eigenvalue weighted by Crippen LogP contribution is -2.54. The first-order valence-corrected chi connectivity index (χ1v) is 11.7. The largest absolute Gasteiger partial charge is 0.304 e. The zero-order valence-electron chi connectivity index (χ0n) is 17.2. The van der Waals surface area contributed by atoms with Crippen molar-refractivity contribution in [1.29, 1.82) is 0 Å². The Hall–Kier alpha value is -3.52. The number of para-hydroxylation sites is 1. The van der Waals surface area contributed by atoms with Gasteiger partial charge in [-0.15, -0.1) is 0 Å². The predicted octanol–water partition coefficient (Wildman–Crippen LogP) is 3.30. The summed E-state index contributed by atoms with van der Waals surface area (Å²) in [6.07, 6.45) is 0. The lowest BCUT2D eigenvalue weighted by atomic mass is 10.0. The molecule has 3 aromatic rings. The Morgan fingerprint density at radius 3 is 2.41 bits per heavy atom. The third kappa shape index (κ3) is 2.72. The van der Waals surface area contributed by atoms with Gasteiger partial charge in [0.2, 0.25) is 5.91 Å². The van der Waals surface area contributed by atoms with E-state index in [4.69, 9.17) is 0 Å². The van der Waals surface area contributed by atoms with Crippen molar-refractivity contribution in [3.63, 3.8) is 0 Å². The zero-order chi connectivity index (χ0) is 22.7. The highest BCUT2D eigenvalue weighted by atomic mass is 32.2. The highest BCUT2D eigenvalue weighted by Crippen LogP contribution is 2.52. The molecule has 6 nitrogen and oxygen atoms in total. The summed E-state index contributed by atoms with van der Waals surface area (Å²) in [6.45, 7) is 2.08.